The molecule has 0 saturated carbocycles. The summed E-state index contributed by atoms with van der Waals surface area (Å²) in [6.45, 7) is 2.02. The van der Waals surface area contributed by atoms with Gasteiger partial charge in [-0.2, -0.15) is 0 Å². The number of hydrogen-bond donors (Lipinski definition) is 3. The van der Waals surface area contributed by atoms with E-state index in [1.54, 1.807) is 18.2 Å². The molecule has 0 spiro atoms. The van der Waals surface area contributed by atoms with E-state index < -0.39 is 0 Å². The Labute approximate surface area is 128 Å². The van der Waals surface area contributed by atoms with Crippen LogP contribution >= 0.6 is 11.6 Å². The van der Waals surface area contributed by atoms with Crippen molar-refractivity contribution in [1.82, 2.24) is 0 Å². The second kappa shape index (κ2) is 7.11. The van der Waals surface area contributed by atoms with Gasteiger partial charge in [0.15, 0.2) is 0 Å². The van der Waals surface area contributed by atoms with Crippen molar-refractivity contribution in [3.8, 4) is 0 Å². The van der Waals surface area contributed by atoms with Crippen LogP contribution < -0.4 is 10.6 Å². The first-order valence-corrected chi connectivity index (χ1v) is 6.96. The smallest absolute Gasteiger partial charge is 0.243 e. The molecule has 0 unspecified atom stereocenters. The van der Waals surface area contributed by atoms with Crippen LogP contribution in [0.3, 0.4) is 0 Å². The van der Waals surface area contributed by atoms with E-state index in [4.69, 9.17) is 16.7 Å². The highest BCUT2D eigenvalue weighted by Gasteiger charge is 2.05. The molecule has 0 aromatic heterocycles. The first-order chi connectivity index (χ1) is 10.1. The van der Waals surface area contributed by atoms with E-state index in [0.717, 1.165) is 16.8 Å². The van der Waals surface area contributed by atoms with Crippen molar-refractivity contribution < 1.29 is 9.90 Å². The number of aliphatic hydroxyl groups excluding tert-OH is 1. The Morgan fingerprint density at radius 1 is 1.19 bits per heavy atom. The Hall–Kier alpha value is -2.04. The van der Waals surface area contributed by atoms with E-state index >= 15 is 0 Å². The largest absolute Gasteiger partial charge is 0.392 e. The zero-order valence-corrected chi connectivity index (χ0v) is 12.4. The molecule has 0 fully saturated rings. The molecule has 0 heterocycles. The molecule has 0 saturated heterocycles. The number of halogens is 1. The predicted molar refractivity (Wildman–Crippen MR) is 85.7 cm³/mol. The SMILES string of the molecule is Cc1ccc(NC(=O)CNc2cc(CO)ccc2Cl)cc1. The lowest BCUT2D eigenvalue weighted by molar-refractivity contribution is -0.114. The number of amides is 1. The summed E-state index contributed by atoms with van der Waals surface area (Å²) in [4.78, 5) is 11.9. The summed E-state index contributed by atoms with van der Waals surface area (Å²) in [5.41, 5.74) is 3.25. The molecule has 0 atom stereocenters. The van der Waals surface area contributed by atoms with Gasteiger partial charge in [-0.1, -0.05) is 35.4 Å². The first-order valence-electron chi connectivity index (χ1n) is 6.58. The number of benzene rings is 2. The number of aliphatic hydroxyl groups is 1. The highest BCUT2D eigenvalue weighted by Crippen LogP contribution is 2.22. The minimum atomic E-state index is -0.163. The Morgan fingerprint density at radius 2 is 1.90 bits per heavy atom. The van der Waals surface area contributed by atoms with Gasteiger partial charge in [0, 0.05) is 5.69 Å². The van der Waals surface area contributed by atoms with E-state index in [1.165, 1.54) is 0 Å². The highest BCUT2D eigenvalue weighted by atomic mass is 35.5. The van der Waals surface area contributed by atoms with Crippen LogP contribution in [0.15, 0.2) is 42.5 Å². The third-order valence-electron chi connectivity index (χ3n) is 2.99. The van der Waals surface area contributed by atoms with E-state index in [1.807, 2.05) is 31.2 Å². The molecule has 3 N–H and O–H groups in total. The summed E-state index contributed by atoms with van der Waals surface area (Å²) in [6, 6.07) is 12.7. The van der Waals surface area contributed by atoms with Gasteiger partial charge in [0.25, 0.3) is 0 Å². The van der Waals surface area contributed by atoms with Crippen molar-refractivity contribution in [2.45, 2.75) is 13.5 Å². The average molecular weight is 305 g/mol. The molecule has 0 radical (unpaired) electrons. The molecule has 0 bridgehead atoms. The van der Waals surface area contributed by atoms with E-state index in [9.17, 15) is 4.79 Å². The number of aryl methyl sites for hydroxylation is 1. The molecule has 0 aliphatic rings. The number of hydrogen-bond acceptors (Lipinski definition) is 3. The summed E-state index contributed by atoms with van der Waals surface area (Å²) >= 11 is 6.04. The van der Waals surface area contributed by atoms with Gasteiger partial charge in [-0.25, -0.2) is 0 Å². The Balaban J connectivity index is 1.93. The quantitative estimate of drug-likeness (QED) is 0.795. The van der Waals surface area contributed by atoms with Crippen LogP contribution in [0.25, 0.3) is 0 Å². The van der Waals surface area contributed by atoms with Crippen molar-refractivity contribution >= 4 is 28.9 Å². The summed E-state index contributed by atoms with van der Waals surface area (Å²) in [7, 11) is 0. The second-order valence-corrected chi connectivity index (χ2v) is 5.15. The molecule has 0 aliphatic carbocycles. The maximum Gasteiger partial charge on any atom is 0.243 e. The molecule has 5 heteroatoms. The maximum absolute atomic E-state index is 11.9. The normalized spacial score (nSPS) is 10.2. The molecule has 21 heavy (non-hydrogen) atoms. The molecule has 1 amide bonds. The fraction of sp³-hybridized carbons (Fsp3) is 0.188. The molecule has 2 aromatic carbocycles. The fourth-order valence-corrected chi connectivity index (χ4v) is 2.01. The molecule has 110 valence electrons. The van der Waals surface area contributed by atoms with Crippen LogP contribution in [-0.4, -0.2) is 17.6 Å². The van der Waals surface area contributed by atoms with Crippen molar-refractivity contribution in [3.05, 3.63) is 58.6 Å². The van der Waals surface area contributed by atoms with Crippen molar-refractivity contribution in [2.75, 3.05) is 17.2 Å². The maximum atomic E-state index is 11.9. The van der Waals surface area contributed by atoms with Crippen molar-refractivity contribution in [1.29, 1.82) is 0 Å². The standard InChI is InChI=1S/C16H17ClN2O2/c1-11-2-5-13(6-3-11)19-16(21)9-18-15-8-12(10-20)4-7-14(15)17/h2-8,18,20H,9-10H2,1H3,(H,19,21). The summed E-state index contributed by atoms with van der Waals surface area (Å²) in [6.07, 6.45) is 0. The third kappa shape index (κ3) is 4.48. The number of carbonyl (C=O) groups is 1. The molecule has 0 aliphatic heterocycles. The van der Waals surface area contributed by atoms with Crippen LogP contribution in [0.1, 0.15) is 11.1 Å². The monoisotopic (exact) mass is 304 g/mol. The lowest BCUT2D eigenvalue weighted by Gasteiger charge is -2.10. The summed E-state index contributed by atoms with van der Waals surface area (Å²) in [5, 5.41) is 15.4. The van der Waals surface area contributed by atoms with Crippen LogP contribution in [0.5, 0.6) is 0 Å². The topological polar surface area (TPSA) is 61.4 Å². The van der Waals surface area contributed by atoms with Gasteiger partial charge in [-0.05, 0) is 36.8 Å². The van der Waals surface area contributed by atoms with Crippen LogP contribution in [0.2, 0.25) is 5.02 Å². The van der Waals surface area contributed by atoms with Gasteiger partial charge < -0.3 is 15.7 Å². The van der Waals surface area contributed by atoms with Gasteiger partial charge in [-0.15, -0.1) is 0 Å². The zero-order valence-electron chi connectivity index (χ0n) is 11.7. The number of rotatable bonds is 5. The number of anilines is 2. The first kappa shape index (κ1) is 15.4. The molecular formula is C16H17ClN2O2. The molecule has 2 rings (SSSR count). The fourth-order valence-electron chi connectivity index (χ4n) is 1.82. The Morgan fingerprint density at radius 3 is 2.57 bits per heavy atom. The summed E-state index contributed by atoms with van der Waals surface area (Å²) in [5.74, 6) is -0.163. The Bertz CT molecular complexity index is 627. The minimum absolute atomic E-state index is 0.0680. The van der Waals surface area contributed by atoms with Crippen LogP contribution in [0.4, 0.5) is 11.4 Å². The van der Waals surface area contributed by atoms with E-state index in [-0.39, 0.29) is 19.1 Å². The Kier molecular flexibility index (Phi) is 5.20. The number of nitrogens with one attached hydrogen (secondary N) is 2. The molecular weight excluding hydrogens is 288 g/mol. The van der Waals surface area contributed by atoms with Gasteiger partial charge in [0.2, 0.25) is 5.91 Å². The lowest BCUT2D eigenvalue weighted by Crippen LogP contribution is -2.21. The number of carbonyl (C=O) groups excluding carboxylic acids is 1. The van der Waals surface area contributed by atoms with E-state index in [0.29, 0.717) is 10.7 Å². The van der Waals surface area contributed by atoms with Crippen molar-refractivity contribution in [2.24, 2.45) is 0 Å². The van der Waals surface area contributed by atoms with Crippen molar-refractivity contribution in [3.63, 3.8) is 0 Å². The van der Waals surface area contributed by atoms with Gasteiger partial charge in [-0.3, -0.25) is 4.79 Å². The van der Waals surface area contributed by atoms with Crippen LogP contribution in [-0.2, 0) is 11.4 Å². The van der Waals surface area contributed by atoms with E-state index in [2.05, 4.69) is 10.6 Å². The molecule has 2 aromatic rings. The van der Waals surface area contributed by atoms with Gasteiger partial charge >= 0.3 is 0 Å². The zero-order chi connectivity index (χ0) is 15.2. The van der Waals surface area contributed by atoms with Gasteiger partial charge in [0.05, 0.1) is 23.9 Å². The lowest BCUT2D eigenvalue weighted by atomic mass is 10.2. The third-order valence-corrected chi connectivity index (χ3v) is 3.32. The molecule has 4 nitrogen and oxygen atoms in total. The average Bonchev–Trinajstić information content (AvgIpc) is 2.49. The van der Waals surface area contributed by atoms with Crippen LogP contribution in [0, 0.1) is 6.92 Å². The van der Waals surface area contributed by atoms with Gasteiger partial charge in [0.1, 0.15) is 0 Å². The predicted octanol–water partition coefficient (Wildman–Crippen LogP) is 3.19. The second-order valence-electron chi connectivity index (χ2n) is 4.74. The summed E-state index contributed by atoms with van der Waals surface area (Å²) < 4.78 is 0. The minimum Gasteiger partial charge on any atom is -0.392 e. The highest BCUT2D eigenvalue weighted by molar-refractivity contribution is 6.33.